The molecule has 2 aromatic carbocycles. The molecular formula is C23H22N6O3S. The second-order valence-corrected chi connectivity index (χ2v) is 9.11. The summed E-state index contributed by atoms with van der Waals surface area (Å²) in [7, 11) is 0. The summed E-state index contributed by atoms with van der Waals surface area (Å²) in [4.78, 5) is 38.1. The molecule has 1 atom stereocenters. The van der Waals surface area contributed by atoms with E-state index >= 15 is 0 Å². The zero-order valence-corrected chi connectivity index (χ0v) is 18.7. The van der Waals surface area contributed by atoms with E-state index in [1.165, 1.54) is 11.8 Å². The molecule has 2 N–H and O–H groups in total. The van der Waals surface area contributed by atoms with Crippen molar-refractivity contribution in [3.8, 4) is 5.69 Å². The number of carbonyl (C=O) groups excluding carboxylic acids is 3. The molecule has 1 aromatic heterocycles. The number of imide groups is 1. The lowest BCUT2D eigenvalue weighted by atomic mass is 9.92. The zero-order valence-electron chi connectivity index (χ0n) is 17.9. The van der Waals surface area contributed by atoms with E-state index in [1.54, 1.807) is 31.2 Å². The highest BCUT2D eigenvalue weighted by atomic mass is 32.2. The molecule has 168 valence electrons. The monoisotopic (exact) mass is 462 g/mol. The Bertz CT molecular complexity index is 1210. The lowest BCUT2D eigenvalue weighted by Crippen LogP contribution is -2.48. The summed E-state index contributed by atoms with van der Waals surface area (Å²) in [6.45, 7) is 1.62. The van der Waals surface area contributed by atoms with Gasteiger partial charge in [-0.25, -0.2) is 4.79 Å². The SMILES string of the molecule is CC1(c2ccccc2)NC(=O)N(NC(=O)CSc2nnc(C3CC3)n2-c2ccccc2)C1=O. The number of carbonyl (C=O) groups is 3. The maximum absolute atomic E-state index is 13.0. The van der Waals surface area contributed by atoms with Gasteiger partial charge >= 0.3 is 6.03 Å². The van der Waals surface area contributed by atoms with Gasteiger partial charge in [0, 0.05) is 11.6 Å². The highest BCUT2D eigenvalue weighted by Gasteiger charge is 2.50. The molecule has 0 bridgehead atoms. The third-order valence-electron chi connectivity index (χ3n) is 5.73. The predicted molar refractivity (Wildman–Crippen MR) is 121 cm³/mol. The van der Waals surface area contributed by atoms with Gasteiger partial charge in [-0.05, 0) is 37.5 Å². The van der Waals surface area contributed by atoms with Gasteiger partial charge in [0.15, 0.2) is 5.16 Å². The van der Waals surface area contributed by atoms with Crippen molar-refractivity contribution in [3.63, 3.8) is 0 Å². The number of nitrogens with one attached hydrogen (secondary N) is 2. The smallest absolute Gasteiger partial charge is 0.318 e. The summed E-state index contributed by atoms with van der Waals surface area (Å²) in [5.41, 5.74) is 2.75. The maximum Gasteiger partial charge on any atom is 0.344 e. The maximum atomic E-state index is 13.0. The molecule has 10 heteroatoms. The molecule has 4 amide bonds. The van der Waals surface area contributed by atoms with Gasteiger partial charge in [0.05, 0.1) is 5.75 Å². The zero-order chi connectivity index (χ0) is 23.0. The topological polar surface area (TPSA) is 109 Å². The molecule has 5 rings (SSSR count). The number of hydrogen-bond donors (Lipinski definition) is 2. The molecule has 3 aromatic rings. The van der Waals surface area contributed by atoms with Crippen LogP contribution in [-0.4, -0.2) is 43.4 Å². The Kier molecular flexibility index (Phi) is 5.37. The molecule has 2 fully saturated rings. The van der Waals surface area contributed by atoms with Crippen LogP contribution in [0.1, 0.15) is 37.1 Å². The van der Waals surface area contributed by atoms with E-state index in [1.807, 2.05) is 41.0 Å². The van der Waals surface area contributed by atoms with Gasteiger partial charge in [-0.3, -0.25) is 19.6 Å². The van der Waals surface area contributed by atoms with E-state index in [4.69, 9.17) is 0 Å². The average molecular weight is 463 g/mol. The van der Waals surface area contributed by atoms with E-state index < -0.39 is 23.4 Å². The van der Waals surface area contributed by atoms with Crippen molar-refractivity contribution in [1.82, 2.24) is 30.5 Å². The number of para-hydroxylation sites is 1. The number of benzene rings is 2. The first-order valence-corrected chi connectivity index (χ1v) is 11.6. The fourth-order valence-corrected chi connectivity index (χ4v) is 4.55. The highest BCUT2D eigenvalue weighted by Crippen LogP contribution is 2.41. The first kappa shape index (κ1) is 21.2. The number of rotatable bonds is 7. The van der Waals surface area contributed by atoms with Crippen molar-refractivity contribution < 1.29 is 14.4 Å². The van der Waals surface area contributed by atoms with Crippen molar-refractivity contribution in [1.29, 1.82) is 0 Å². The fourth-order valence-electron chi connectivity index (χ4n) is 3.80. The Morgan fingerprint density at radius 1 is 1.09 bits per heavy atom. The number of hydrazine groups is 1. The van der Waals surface area contributed by atoms with Crippen LogP contribution in [0.15, 0.2) is 65.8 Å². The molecule has 0 spiro atoms. The van der Waals surface area contributed by atoms with E-state index in [0.717, 1.165) is 29.4 Å². The Labute approximate surface area is 194 Å². The predicted octanol–water partition coefficient (Wildman–Crippen LogP) is 2.74. The Morgan fingerprint density at radius 3 is 2.42 bits per heavy atom. The molecule has 33 heavy (non-hydrogen) atoms. The number of hydrogen-bond acceptors (Lipinski definition) is 6. The van der Waals surface area contributed by atoms with E-state index in [9.17, 15) is 14.4 Å². The van der Waals surface area contributed by atoms with Crippen LogP contribution in [0.2, 0.25) is 0 Å². The van der Waals surface area contributed by atoms with E-state index in [2.05, 4.69) is 20.9 Å². The molecule has 2 aliphatic rings. The number of thioether (sulfide) groups is 1. The van der Waals surface area contributed by atoms with Gasteiger partial charge in [-0.15, -0.1) is 10.2 Å². The van der Waals surface area contributed by atoms with Gasteiger partial charge in [-0.1, -0.05) is 60.3 Å². The van der Waals surface area contributed by atoms with Crippen molar-refractivity contribution in [2.45, 2.75) is 36.4 Å². The van der Waals surface area contributed by atoms with E-state index in [0.29, 0.717) is 16.6 Å². The summed E-state index contributed by atoms with van der Waals surface area (Å²) in [5.74, 6) is 0.200. The third kappa shape index (κ3) is 3.97. The standard InChI is InChI=1S/C23H22N6O3S/c1-23(16-8-4-2-5-9-16)20(31)29(21(32)24-23)27-18(30)14-33-22-26-25-19(15-12-13-15)28(22)17-10-6-3-7-11-17/h2-11,15H,12-14H2,1H3,(H,24,32)(H,27,30). The van der Waals surface area contributed by atoms with Crippen LogP contribution in [0.5, 0.6) is 0 Å². The Hall–Kier alpha value is -3.66. The number of aromatic nitrogens is 3. The molecule has 1 aliphatic carbocycles. The Morgan fingerprint density at radius 2 is 1.76 bits per heavy atom. The second kappa shape index (κ2) is 8.36. The van der Waals surface area contributed by atoms with Crippen LogP contribution in [0.25, 0.3) is 5.69 Å². The summed E-state index contributed by atoms with van der Waals surface area (Å²) in [6, 6.07) is 18.0. The average Bonchev–Trinajstić information content (AvgIpc) is 3.56. The second-order valence-electron chi connectivity index (χ2n) is 8.17. The molecule has 2 heterocycles. The molecule has 1 unspecified atom stereocenters. The lowest BCUT2D eigenvalue weighted by molar-refractivity contribution is -0.138. The van der Waals surface area contributed by atoms with Gasteiger partial charge in [-0.2, -0.15) is 5.01 Å². The molecule has 0 radical (unpaired) electrons. The first-order chi connectivity index (χ1) is 16.0. The quantitative estimate of drug-likeness (QED) is 0.413. The van der Waals surface area contributed by atoms with Crippen LogP contribution in [-0.2, 0) is 15.1 Å². The minimum Gasteiger partial charge on any atom is -0.318 e. The first-order valence-electron chi connectivity index (χ1n) is 10.6. The lowest BCUT2D eigenvalue weighted by Gasteiger charge is -2.22. The molecule has 1 saturated heterocycles. The number of amides is 4. The van der Waals surface area contributed by atoms with Crippen LogP contribution < -0.4 is 10.7 Å². The molecule has 9 nitrogen and oxygen atoms in total. The molecular weight excluding hydrogens is 440 g/mol. The van der Waals surface area contributed by atoms with Crippen molar-refractivity contribution in [3.05, 3.63) is 72.1 Å². The van der Waals surface area contributed by atoms with Crippen LogP contribution >= 0.6 is 11.8 Å². The molecule has 1 aliphatic heterocycles. The van der Waals surface area contributed by atoms with Crippen LogP contribution in [0.3, 0.4) is 0 Å². The number of urea groups is 1. The normalized spacial score (nSPS) is 20.1. The summed E-state index contributed by atoms with van der Waals surface area (Å²) >= 11 is 1.21. The van der Waals surface area contributed by atoms with Crippen LogP contribution in [0.4, 0.5) is 4.79 Å². The summed E-state index contributed by atoms with van der Waals surface area (Å²) in [5, 5.41) is 12.6. The Balaban J connectivity index is 1.28. The van der Waals surface area contributed by atoms with E-state index in [-0.39, 0.29) is 5.75 Å². The number of nitrogens with zero attached hydrogens (tertiary/aromatic N) is 4. The van der Waals surface area contributed by atoms with Crippen LogP contribution in [0, 0.1) is 0 Å². The van der Waals surface area contributed by atoms with Crippen molar-refractivity contribution in [2.24, 2.45) is 0 Å². The van der Waals surface area contributed by atoms with Gasteiger partial charge in [0.1, 0.15) is 11.4 Å². The minimum atomic E-state index is -1.24. The van der Waals surface area contributed by atoms with Crippen molar-refractivity contribution in [2.75, 3.05) is 5.75 Å². The molecule has 1 saturated carbocycles. The fraction of sp³-hybridized carbons (Fsp3) is 0.261. The van der Waals surface area contributed by atoms with Gasteiger partial charge in [0.25, 0.3) is 5.91 Å². The highest BCUT2D eigenvalue weighted by molar-refractivity contribution is 7.99. The van der Waals surface area contributed by atoms with Gasteiger partial charge in [0.2, 0.25) is 5.91 Å². The van der Waals surface area contributed by atoms with Crippen molar-refractivity contribution >= 4 is 29.6 Å². The van der Waals surface area contributed by atoms with Gasteiger partial charge < -0.3 is 5.32 Å². The largest absolute Gasteiger partial charge is 0.344 e. The third-order valence-corrected chi connectivity index (χ3v) is 6.66. The minimum absolute atomic E-state index is 0.0330. The summed E-state index contributed by atoms with van der Waals surface area (Å²) < 4.78 is 1.97. The summed E-state index contributed by atoms with van der Waals surface area (Å²) in [6.07, 6.45) is 2.14.